The Labute approximate surface area is 146 Å². The van der Waals surface area contributed by atoms with E-state index in [1.807, 2.05) is 14.0 Å². The Kier molecular flexibility index (Phi) is 6.67. The Morgan fingerprint density at radius 1 is 1.25 bits per heavy atom. The van der Waals surface area contributed by atoms with Crippen molar-refractivity contribution in [1.29, 1.82) is 0 Å². The van der Waals surface area contributed by atoms with Crippen LogP contribution in [0.1, 0.15) is 55.7 Å². The minimum atomic E-state index is -0.130. The van der Waals surface area contributed by atoms with Crippen LogP contribution in [0.5, 0.6) is 5.75 Å². The summed E-state index contributed by atoms with van der Waals surface area (Å²) in [7, 11) is 3.72. The van der Waals surface area contributed by atoms with E-state index in [0.29, 0.717) is 6.04 Å². The number of aryl methyl sites for hydroxylation is 2. The molecule has 0 heterocycles. The third kappa shape index (κ3) is 4.73. The number of hydrogen-bond acceptors (Lipinski definition) is 3. The topological polar surface area (TPSA) is 41.6 Å². The minimum Gasteiger partial charge on any atom is -0.496 e. The molecule has 0 radical (unpaired) electrons. The van der Waals surface area contributed by atoms with E-state index in [1.165, 1.54) is 24.8 Å². The lowest BCUT2D eigenvalue weighted by molar-refractivity contribution is -0.126. The van der Waals surface area contributed by atoms with E-state index < -0.39 is 0 Å². The van der Waals surface area contributed by atoms with Crippen molar-refractivity contribution < 1.29 is 9.53 Å². The molecular weight excluding hydrogens is 300 g/mol. The number of carbonyl (C=O) groups is 1. The number of nitrogens with zero attached hydrogens (tertiary/aromatic N) is 1. The Balaban J connectivity index is 1.95. The minimum absolute atomic E-state index is 0.130. The number of ether oxygens (including phenoxy) is 1. The normalized spacial score (nSPS) is 16.9. The van der Waals surface area contributed by atoms with Gasteiger partial charge in [0.25, 0.3) is 0 Å². The van der Waals surface area contributed by atoms with E-state index in [4.69, 9.17) is 4.74 Å². The van der Waals surface area contributed by atoms with Crippen molar-refractivity contribution in [3.63, 3.8) is 0 Å². The maximum absolute atomic E-state index is 12.5. The van der Waals surface area contributed by atoms with Gasteiger partial charge < -0.3 is 10.1 Å². The number of likely N-dealkylation sites (N-methyl/N-ethyl adjacent to an activating group) is 1. The fourth-order valence-corrected chi connectivity index (χ4v) is 3.65. The van der Waals surface area contributed by atoms with Gasteiger partial charge in [0.2, 0.25) is 5.91 Å². The average molecular weight is 332 g/mol. The van der Waals surface area contributed by atoms with Crippen LogP contribution >= 0.6 is 0 Å². The molecule has 1 unspecified atom stereocenters. The quantitative estimate of drug-likeness (QED) is 0.866. The number of hydrogen-bond donors (Lipinski definition) is 1. The molecule has 0 aromatic heterocycles. The maximum Gasteiger partial charge on any atom is 0.237 e. The summed E-state index contributed by atoms with van der Waals surface area (Å²) in [5.41, 5.74) is 3.49. The summed E-state index contributed by atoms with van der Waals surface area (Å²) >= 11 is 0. The molecule has 24 heavy (non-hydrogen) atoms. The molecule has 4 heteroatoms. The van der Waals surface area contributed by atoms with Crippen LogP contribution in [0.25, 0.3) is 0 Å². The van der Waals surface area contributed by atoms with Crippen molar-refractivity contribution in [2.45, 2.75) is 71.5 Å². The zero-order chi connectivity index (χ0) is 17.7. The molecular formula is C20H32N2O2. The average Bonchev–Trinajstić information content (AvgIpc) is 2.54. The van der Waals surface area contributed by atoms with E-state index in [2.05, 4.69) is 36.2 Å². The van der Waals surface area contributed by atoms with Crippen LogP contribution in [0.2, 0.25) is 0 Å². The lowest BCUT2D eigenvalue weighted by Crippen LogP contribution is -2.47. The second-order valence-electron chi connectivity index (χ2n) is 7.20. The molecule has 1 aliphatic carbocycles. The molecule has 1 aliphatic rings. The first kappa shape index (κ1) is 18.8. The first-order valence-corrected chi connectivity index (χ1v) is 9.07. The Morgan fingerprint density at radius 2 is 1.83 bits per heavy atom. The van der Waals surface area contributed by atoms with Crippen LogP contribution in [0.15, 0.2) is 12.1 Å². The summed E-state index contributed by atoms with van der Waals surface area (Å²) in [6, 6.07) is 4.53. The smallest absolute Gasteiger partial charge is 0.237 e. The van der Waals surface area contributed by atoms with Crippen molar-refractivity contribution in [2.24, 2.45) is 0 Å². The molecule has 1 fully saturated rings. The van der Waals surface area contributed by atoms with Crippen LogP contribution in [-0.2, 0) is 11.3 Å². The molecule has 0 saturated heterocycles. The second kappa shape index (κ2) is 8.52. The molecule has 1 aromatic rings. The zero-order valence-corrected chi connectivity index (χ0v) is 15.8. The molecule has 1 amide bonds. The third-order valence-electron chi connectivity index (χ3n) is 5.15. The highest BCUT2D eigenvalue weighted by Gasteiger charge is 2.22. The molecule has 2 rings (SSSR count). The molecule has 0 bridgehead atoms. The van der Waals surface area contributed by atoms with Crippen molar-refractivity contribution in [3.8, 4) is 5.75 Å². The molecule has 1 saturated carbocycles. The summed E-state index contributed by atoms with van der Waals surface area (Å²) in [4.78, 5) is 14.6. The first-order valence-electron chi connectivity index (χ1n) is 9.07. The van der Waals surface area contributed by atoms with Crippen LogP contribution in [0.4, 0.5) is 0 Å². The fraction of sp³-hybridized carbons (Fsp3) is 0.650. The maximum atomic E-state index is 12.5. The highest BCUT2D eigenvalue weighted by Crippen LogP contribution is 2.25. The van der Waals surface area contributed by atoms with Crippen molar-refractivity contribution in [1.82, 2.24) is 10.2 Å². The van der Waals surface area contributed by atoms with Gasteiger partial charge in [0, 0.05) is 12.6 Å². The number of benzene rings is 1. The van der Waals surface area contributed by atoms with Gasteiger partial charge in [0.1, 0.15) is 5.75 Å². The highest BCUT2D eigenvalue weighted by molar-refractivity contribution is 5.81. The van der Waals surface area contributed by atoms with Gasteiger partial charge in [0.15, 0.2) is 0 Å². The van der Waals surface area contributed by atoms with Gasteiger partial charge in [-0.25, -0.2) is 0 Å². The van der Waals surface area contributed by atoms with Gasteiger partial charge in [-0.2, -0.15) is 0 Å². The zero-order valence-electron chi connectivity index (χ0n) is 15.8. The summed E-state index contributed by atoms with van der Waals surface area (Å²) in [5.74, 6) is 1.09. The van der Waals surface area contributed by atoms with Crippen LogP contribution in [-0.4, -0.2) is 37.0 Å². The first-order chi connectivity index (χ1) is 11.4. The van der Waals surface area contributed by atoms with E-state index in [0.717, 1.165) is 36.3 Å². The van der Waals surface area contributed by atoms with Gasteiger partial charge in [-0.15, -0.1) is 0 Å². The summed E-state index contributed by atoms with van der Waals surface area (Å²) in [5, 5.41) is 3.23. The highest BCUT2D eigenvalue weighted by atomic mass is 16.5. The second-order valence-corrected chi connectivity index (χ2v) is 7.20. The van der Waals surface area contributed by atoms with Crippen molar-refractivity contribution in [2.75, 3.05) is 14.2 Å². The summed E-state index contributed by atoms with van der Waals surface area (Å²) in [6.45, 7) is 6.87. The van der Waals surface area contributed by atoms with E-state index in [1.54, 1.807) is 7.11 Å². The van der Waals surface area contributed by atoms with Gasteiger partial charge in [-0.3, -0.25) is 9.69 Å². The van der Waals surface area contributed by atoms with E-state index in [-0.39, 0.29) is 11.9 Å². The molecule has 1 N–H and O–H groups in total. The fourth-order valence-electron chi connectivity index (χ4n) is 3.65. The molecule has 1 atom stereocenters. The molecule has 4 nitrogen and oxygen atoms in total. The molecule has 1 aromatic carbocycles. The number of rotatable bonds is 6. The molecule has 134 valence electrons. The van der Waals surface area contributed by atoms with Crippen LogP contribution < -0.4 is 10.1 Å². The summed E-state index contributed by atoms with van der Waals surface area (Å²) in [6.07, 6.45) is 6.02. The SMILES string of the molecule is COc1c(C)cc(CN(C)C(C)C(=O)NC2CCCCC2)cc1C. The van der Waals surface area contributed by atoms with Crippen molar-refractivity contribution >= 4 is 5.91 Å². The van der Waals surface area contributed by atoms with Gasteiger partial charge in [-0.05, 0) is 57.4 Å². The predicted molar refractivity (Wildman–Crippen MR) is 98.4 cm³/mol. The molecule has 0 spiro atoms. The van der Waals surface area contributed by atoms with Crippen molar-refractivity contribution in [3.05, 3.63) is 28.8 Å². The van der Waals surface area contributed by atoms with E-state index >= 15 is 0 Å². The predicted octanol–water partition coefficient (Wildman–Crippen LogP) is 3.58. The standard InChI is InChI=1S/C20H32N2O2/c1-14-11-17(12-15(2)19(14)24-5)13-22(4)16(3)20(23)21-18-9-7-6-8-10-18/h11-12,16,18H,6-10,13H2,1-5H3,(H,21,23). The summed E-state index contributed by atoms with van der Waals surface area (Å²) < 4.78 is 5.43. The number of amides is 1. The molecule has 0 aliphatic heterocycles. The Hall–Kier alpha value is -1.55. The van der Waals surface area contributed by atoms with Crippen LogP contribution in [0, 0.1) is 13.8 Å². The number of methoxy groups -OCH3 is 1. The van der Waals surface area contributed by atoms with E-state index in [9.17, 15) is 4.79 Å². The van der Waals surface area contributed by atoms with Gasteiger partial charge in [-0.1, -0.05) is 31.4 Å². The van der Waals surface area contributed by atoms with Gasteiger partial charge in [0.05, 0.1) is 13.2 Å². The van der Waals surface area contributed by atoms with Crippen LogP contribution in [0.3, 0.4) is 0 Å². The Morgan fingerprint density at radius 3 is 2.38 bits per heavy atom. The van der Waals surface area contributed by atoms with Gasteiger partial charge >= 0.3 is 0 Å². The third-order valence-corrected chi connectivity index (χ3v) is 5.15. The monoisotopic (exact) mass is 332 g/mol. The Bertz CT molecular complexity index is 542. The lowest BCUT2D eigenvalue weighted by Gasteiger charge is -2.28. The lowest BCUT2D eigenvalue weighted by atomic mass is 9.95. The number of nitrogens with one attached hydrogen (secondary N) is 1. The largest absolute Gasteiger partial charge is 0.496 e. The number of carbonyl (C=O) groups excluding carboxylic acids is 1.